The maximum atomic E-state index is 12.5. The number of aromatic nitrogens is 1. The highest BCUT2D eigenvalue weighted by Gasteiger charge is 2.24. The molecule has 4 rings (SSSR count). The van der Waals surface area contributed by atoms with Gasteiger partial charge in [0, 0.05) is 29.7 Å². The number of nitrogens with zero attached hydrogens (tertiary/aromatic N) is 2. The average molecular weight is 400 g/mol. The number of carbonyl (C=O) groups excluding carboxylic acids is 1. The number of amides is 1. The van der Waals surface area contributed by atoms with Crippen LogP contribution in [-0.2, 0) is 13.0 Å². The number of aliphatic hydroxyl groups excluding tert-OH is 1. The molecule has 1 saturated carbocycles. The summed E-state index contributed by atoms with van der Waals surface area (Å²) in [5.41, 5.74) is 2.03. The van der Waals surface area contributed by atoms with Crippen LogP contribution in [0.2, 0.25) is 0 Å². The van der Waals surface area contributed by atoms with Crippen molar-refractivity contribution in [2.24, 2.45) is 5.92 Å². The molecule has 1 aromatic heterocycles. The van der Waals surface area contributed by atoms with Crippen molar-refractivity contribution < 1.29 is 9.90 Å². The van der Waals surface area contributed by atoms with Gasteiger partial charge >= 0.3 is 0 Å². The minimum Gasteiger partial charge on any atom is -0.393 e. The van der Waals surface area contributed by atoms with E-state index in [9.17, 15) is 9.90 Å². The fraction of sp³-hybridized carbons (Fsp3) is 0.545. The first-order chi connectivity index (χ1) is 13.7. The van der Waals surface area contributed by atoms with E-state index in [0.717, 1.165) is 57.3 Å². The van der Waals surface area contributed by atoms with E-state index in [4.69, 9.17) is 0 Å². The molecule has 1 unspecified atom stereocenters. The lowest BCUT2D eigenvalue weighted by atomic mass is 9.93. The SMILES string of the molecule is O=C(NC1CCC(O)CC1)c1ccc(CC2CCN(Cc3nccs3)C2)cc1. The van der Waals surface area contributed by atoms with Crippen LogP contribution in [0, 0.1) is 5.92 Å². The van der Waals surface area contributed by atoms with Gasteiger partial charge in [0.1, 0.15) is 5.01 Å². The summed E-state index contributed by atoms with van der Waals surface area (Å²) in [5, 5.41) is 15.9. The van der Waals surface area contributed by atoms with E-state index in [2.05, 4.69) is 27.3 Å². The van der Waals surface area contributed by atoms with Crippen LogP contribution in [0.5, 0.6) is 0 Å². The van der Waals surface area contributed by atoms with E-state index < -0.39 is 0 Å². The van der Waals surface area contributed by atoms with Crippen molar-refractivity contribution in [1.82, 2.24) is 15.2 Å². The Labute approximate surface area is 170 Å². The summed E-state index contributed by atoms with van der Waals surface area (Å²) < 4.78 is 0. The molecule has 1 aromatic carbocycles. The van der Waals surface area contributed by atoms with E-state index in [0.29, 0.717) is 5.92 Å². The number of thiazole rings is 1. The van der Waals surface area contributed by atoms with Crippen LogP contribution in [0.3, 0.4) is 0 Å². The Bertz CT molecular complexity index is 755. The van der Waals surface area contributed by atoms with Crippen LogP contribution >= 0.6 is 11.3 Å². The lowest BCUT2D eigenvalue weighted by molar-refractivity contribution is 0.0867. The minimum absolute atomic E-state index is 0.00318. The number of hydrogen-bond donors (Lipinski definition) is 2. The Morgan fingerprint density at radius 2 is 1.96 bits per heavy atom. The number of aliphatic hydroxyl groups is 1. The van der Waals surface area contributed by atoms with Crippen molar-refractivity contribution in [3.63, 3.8) is 0 Å². The maximum absolute atomic E-state index is 12.5. The molecule has 2 fully saturated rings. The number of carbonyl (C=O) groups is 1. The second-order valence-electron chi connectivity index (χ2n) is 8.20. The zero-order valence-corrected chi connectivity index (χ0v) is 17.0. The van der Waals surface area contributed by atoms with Gasteiger partial charge in [-0.25, -0.2) is 4.98 Å². The third-order valence-corrected chi connectivity index (χ3v) is 6.75. The lowest BCUT2D eigenvalue weighted by Gasteiger charge is -2.26. The molecule has 5 nitrogen and oxygen atoms in total. The van der Waals surface area contributed by atoms with Gasteiger partial charge in [0.2, 0.25) is 0 Å². The monoisotopic (exact) mass is 399 g/mol. The fourth-order valence-electron chi connectivity index (χ4n) is 4.36. The van der Waals surface area contributed by atoms with Crippen LogP contribution in [0.4, 0.5) is 0 Å². The standard InChI is InChI=1S/C22H29N3O2S/c26-20-7-5-19(6-8-20)24-22(27)18-3-1-16(2-4-18)13-17-9-11-25(14-17)15-21-23-10-12-28-21/h1-4,10,12,17,19-20,26H,5-9,11,13-15H2,(H,24,27). The summed E-state index contributed by atoms with van der Waals surface area (Å²) in [6.45, 7) is 3.22. The molecular weight excluding hydrogens is 370 g/mol. The number of rotatable bonds is 6. The smallest absolute Gasteiger partial charge is 0.251 e. The molecule has 2 heterocycles. The van der Waals surface area contributed by atoms with E-state index in [1.54, 1.807) is 11.3 Å². The molecule has 150 valence electrons. The highest BCUT2D eigenvalue weighted by atomic mass is 32.1. The number of likely N-dealkylation sites (tertiary alicyclic amines) is 1. The van der Waals surface area contributed by atoms with Gasteiger partial charge < -0.3 is 10.4 Å². The zero-order chi connectivity index (χ0) is 19.3. The normalized spacial score (nSPS) is 25.7. The highest BCUT2D eigenvalue weighted by Crippen LogP contribution is 2.23. The topological polar surface area (TPSA) is 65.5 Å². The van der Waals surface area contributed by atoms with Gasteiger partial charge in [-0.05, 0) is 68.7 Å². The van der Waals surface area contributed by atoms with Crippen LogP contribution in [-0.4, -0.2) is 46.1 Å². The predicted molar refractivity (Wildman–Crippen MR) is 111 cm³/mol. The van der Waals surface area contributed by atoms with Gasteiger partial charge in [0.25, 0.3) is 5.91 Å². The van der Waals surface area contributed by atoms with Crippen LogP contribution < -0.4 is 5.32 Å². The Hall–Kier alpha value is -1.76. The molecule has 1 atom stereocenters. The lowest BCUT2D eigenvalue weighted by Crippen LogP contribution is -2.38. The Balaban J connectivity index is 1.25. The first-order valence-electron chi connectivity index (χ1n) is 10.3. The first-order valence-corrected chi connectivity index (χ1v) is 11.2. The molecule has 2 N–H and O–H groups in total. The molecule has 2 aromatic rings. The van der Waals surface area contributed by atoms with Crippen molar-refractivity contribution in [3.8, 4) is 0 Å². The molecule has 28 heavy (non-hydrogen) atoms. The van der Waals surface area contributed by atoms with Crippen molar-refractivity contribution in [1.29, 1.82) is 0 Å². The highest BCUT2D eigenvalue weighted by molar-refractivity contribution is 7.09. The summed E-state index contributed by atoms with van der Waals surface area (Å²) >= 11 is 1.73. The van der Waals surface area contributed by atoms with Gasteiger partial charge in [-0.3, -0.25) is 9.69 Å². The summed E-state index contributed by atoms with van der Waals surface area (Å²) in [6.07, 6.45) is 7.27. The zero-order valence-electron chi connectivity index (χ0n) is 16.2. The van der Waals surface area contributed by atoms with Gasteiger partial charge in [-0.1, -0.05) is 12.1 Å². The van der Waals surface area contributed by atoms with E-state index in [1.807, 2.05) is 23.7 Å². The minimum atomic E-state index is -0.194. The Morgan fingerprint density at radius 1 is 1.18 bits per heavy atom. The van der Waals surface area contributed by atoms with E-state index in [1.165, 1.54) is 17.0 Å². The Morgan fingerprint density at radius 3 is 2.68 bits per heavy atom. The molecule has 0 bridgehead atoms. The molecule has 6 heteroatoms. The summed E-state index contributed by atoms with van der Waals surface area (Å²) in [7, 11) is 0. The van der Waals surface area contributed by atoms with Gasteiger partial charge in [0.15, 0.2) is 0 Å². The van der Waals surface area contributed by atoms with Crippen LogP contribution in [0.25, 0.3) is 0 Å². The molecule has 1 amide bonds. The largest absolute Gasteiger partial charge is 0.393 e. The molecule has 1 saturated heterocycles. The maximum Gasteiger partial charge on any atom is 0.251 e. The quantitative estimate of drug-likeness (QED) is 0.783. The third-order valence-electron chi connectivity index (χ3n) is 5.98. The number of hydrogen-bond acceptors (Lipinski definition) is 5. The van der Waals surface area contributed by atoms with Gasteiger partial charge in [0.05, 0.1) is 12.6 Å². The Kier molecular flexibility index (Phi) is 6.40. The summed E-state index contributed by atoms with van der Waals surface area (Å²) in [6, 6.07) is 8.29. The predicted octanol–water partition coefficient (Wildman–Crippen LogP) is 3.24. The van der Waals surface area contributed by atoms with E-state index >= 15 is 0 Å². The molecule has 2 aliphatic rings. The summed E-state index contributed by atoms with van der Waals surface area (Å²) in [4.78, 5) is 19.3. The molecule has 1 aliphatic heterocycles. The fourth-order valence-corrected chi connectivity index (χ4v) is 5.02. The van der Waals surface area contributed by atoms with Crippen molar-refractivity contribution in [2.75, 3.05) is 13.1 Å². The second kappa shape index (κ2) is 9.16. The van der Waals surface area contributed by atoms with Crippen LogP contribution in [0.1, 0.15) is 53.0 Å². The molecule has 0 radical (unpaired) electrons. The third kappa shape index (κ3) is 5.19. The van der Waals surface area contributed by atoms with Crippen molar-refractivity contribution in [2.45, 2.75) is 57.2 Å². The second-order valence-corrected chi connectivity index (χ2v) is 9.17. The number of nitrogens with one attached hydrogen (secondary N) is 1. The van der Waals surface area contributed by atoms with Crippen molar-refractivity contribution >= 4 is 17.2 Å². The molecule has 0 spiro atoms. The average Bonchev–Trinajstić information content (AvgIpc) is 3.37. The van der Waals surface area contributed by atoms with Gasteiger partial charge in [-0.2, -0.15) is 0 Å². The number of benzene rings is 1. The van der Waals surface area contributed by atoms with Gasteiger partial charge in [-0.15, -0.1) is 11.3 Å². The van der Waals surface area contributed by atoms with Crippen LogP contribution in [0.15, 0.2) is 35.8 Å². The van der Waals surface area contributed by atoms with E-state index in [-0.39, 0.29) is 18.1 Å². The van der Waals surface area contributed by atoms with Crippen molar-refractivity contribution in [3.05, 3.63) is 52.0 Å². The summed E-state index contributed by atoms with van der Waals surface area (Å²) in [5.74, 6) is 0.678. The first kappa shape index (κ1) is 19.6. The molecular formula is C22H29N3O2S. The molecule has 1 aliphatic carbocycles.